The van der Waals surface area contributed by atoms with E-state index in [1.54, 1.807) is 29.2 Å². The molecule has 0 spiro atoms. The van der Waals surface area contributed by atoms with E-state index in [1.807, 2.05) is 12.1 Å². The minimum Gasteiger partial charge on any atom is -0.361 e. The summed E-state index contributed by atoms with van der Waals surface area (Å²) in [7, 11) is 0. The lowest BCUT2D eigenvalue weighted by molar-refractivity contribution is 0.251. The van der Waals surface area contributed by atoms with Gasteiger partial charge in [0.15, 0.2) is 5.43 Å². The predicted molar refractivity (Wildman–Crippen MR) is 122 cm³/mol. The number of hydrogen-bond donors (Lipinski definition) is 3. The normalized spacial score (nSPS) is 11.1. The van der Waals surface area contributed by atoms with E-state index in [4.69, 9.17) is 0 Å². The van der Waals surface area contributed by atoms with Gasteiger partial charge in [0.2, 0.25) is 0 Å². The first-order chi connectivity index (χ1) is 15.0. The van der Waals surface area contributed by atoms with Crippen LogP contribution in [-0.2, 0) is 13.1 Å². The number of benzene rings is 2. The lowest BCUT2D eigenvalue weighted by Crippen LogP contribution is -2.29. The molecule has 0 radical (unpaired) electrons. The number of carbonyl (C=O) groups is 1. The van der Waals surface area contributed by atoms with E-state index in [-0.39, 0.29) is 11.5 Å². The molecule has 2 aromatic heterocycles. The Hall–Kier alpha value is -3.87. The van der Waals surface area contributed by atoms with Gasteiger partial charge in [0.25, 0.3) is 0 Å². The molecule has 0 aliphatic heterocycles. The maximum absolute atomic E-state index is 12.4. The van der Waals surface area contributed by atoms with Gasteiger partial charge in [-0.25, -0.2) is 9.48 Å². The number of anilines is 1. The molecule has 0 saturated heterocycles. The average Bonchev–Trinajstić information content (AvgIpc) is 3.19. The van der Waals surface area contributed by atoms with Crippen molar-refractivity contribution in [2.75, 3.05) is 5.32 Å². The van der Waals surface area contributed by atoms with Crippen molar-refractivity contribution in [3.63, 3.8) is 0 Å². The molecule has 0 atom stereocenters. The first kappa shape index (κ1) is 20.4. The molecule has 0 bridgehead atoms. The number of pyridine rings is 1. The Balaban J connectivity index is 1.37. The molecule has 4 aromatic rings. The summed E-state index contributed by atoms with van der Waals surface area (Å²) in [4.78, 5) is 27.3. The monoisotopic (exact) mass is 415 g/mol. The fraction of sp³-hybridized carbons (Fsp3) is 0.208. The number of rotatable bonds is 6. The van der Waals surface area contributed by atoms with Gasteiger partial charge in [0.1, 0.15) is 5.82 Å². The molecular formula is C24H25N5O2. The number of nitrogens with zero attached hydrogens (tertiary/aromatic N) is 2. The summed E-state index contributed by atoms with van der Waals surface area (Å²) in [6, 6.07) is 16.8. The van der Waals surface area contributed by atoms with Crippen molar-refractivity contribution in [2.24, 2.45) is 0 Å². The van der Waals surface area contributed by atoms with Crippen LogP contribution < -0.4 is 16.1 Å². The molecule has 2 heterocycles. The van der Waals surface area contributed by atoms with E-state index < -0.39 is 0 Å². The Morgan fingerprint density at radius 3 is 2.61 bits per heavy atom. The third kappa shape index (κ3) is 4.83. The number of aromatic nitrogens is 3. The molecule has 0 aliphatic rings. The molecule has 7 heteroatoms. The van der Waals surface area contributed by atoms with Crippen LogP contribution in [0.5, 0.6) is 0 Å². The fourth-order valence-corrected chi connectivity index (χ4v) is 3.42. The van der Waals surface area contributed by atoms with Crippen LogP contribution in [0.4, 0.5) is 10.6 Å². The molecule has 2 amide bonds. The maximum Gasteiger partial charge on any atom is 0.320 e. The Kier molecular flexibility index (Phi) is 5.84. The summed E-state index contributed by atoms with van der Waals surface area (Å²) < 4.78 is 1.75. The lowest BCUT2D eigenvalue weighted by atomic mass is 10.0. The lowest BCUT2D eigenvalue weighted by Gasteiger charge is -2.11. The summed E-state index contributed by atoms with van der Waals surface area (Å²) in [5, 5.41) is 10.6. The molecule has 31 heavy (non-hydrogen) atoms. The number of amides is 2. The summed E-state index contributed by atoms with van der Waals surface area (Å²) in [5.41, 5.74) is 4.01. The van der Waals surface area contributed by atoms with Crippen molar-refractivity contribution in [2.45, 2.75) is 32.9 Å². The van der Waals surface area contributed by atoms with Crippen LogP contribution in [0.1, 0.15) is 36.5 Å². The van der Waals surface area contributed by atoms with Gasteiger partial charge < -0.3 is 10.3 Å². The van der Waals surface area contributed by atoms with Crippen LogP contribution in [-0.4, -0.2) is 20.8 Å². The molecule has 0 fully saturated rings. The van der Waals surface area contributed by atoms with Crippen LogP contribution in [0.2, 0.25) is 0 Å². The maximum atomic E-state index is 12.4. The minimum atomic E-state index is -0.321. The quantitative estimate of drug-likeness (QED) is 0.440. The molecular weight excluding hydrogens is 390 g/mol. The molecule has 0 aliphatic carbocycles. The summed E-state index contributed by atoms with van der Waals surface area (Å²) in [6.45, 7) is 5.24. The first-order valence-electron chi connectivity index (χ1n) is 10.3. The third-order valence-electron chi connectivity index (χ3n) is 5.21. The van der Waals surface area contributed by atoms with Gasteiger partial charge in [-0.3, -0.25) is 10.1 Å². The van der Waals surface area contributed by atoms with E-state index in [2.05, 4.69) is 58.8 Å². The number of hydrogen-bond acceptors (Lipinski definition) is 3. The van der Waals surface area contributed by atoms with E-state index in [9.17, 15) is 9.59 Å². The second kappa shape index (κ2) is 8.87. The fourth-order valence-electron chi connectivity index (χ4n) is 3.42. The SMILES string of the molecule is CC(C)c1ccc(Cn2nccc2NC(=O)NCc2ccc3c(=O)cc[nH]c3c2)cc1. The summed E-state index contributed by atoms with van der Waals surface area (Å²) in [6.07, 6.45) is 3.28. The van der Waals surface area contributed by atoms with E-state index in [0.717, 1.165) is 16.6 Å². The molecule has 4 rings (SSSR count). The Morgan fingerprint density at radius 1 is 1.06 bits per heavy atom. The molecule has 0 saturated carbocycles. The molecule has 3 N–H and O–H groups in total. The van der Waals surface area contributed by atoms with Gasteiger partial charge in [-0.1, -0.05) is 44.2 Å². The van der Waals surface area contributed by atoms with E-state index in [0.29, 0.717) is 30.2 Å². The smallest absolute Gasteiger partial charge is 0.320 e. The highest BCUT2D eigenvalue weighted by atomic mass is 16.2. The number of nitrogens with one attached hydrogen (secondary N) is 3. The van der Waals surface area contributed by atoms with E-state index >= 15 is 0 Å². The molecule has 7 nitrogen and oxygen atoms in total. The Labute approximate surface area is 180 Å². The van der Waals surface area contributed by atoms with Crippen molar-refractivity contribution < 1.29 is 4.79 Å². The number of urea groups is 1. The number of fused-ring (bicyclic) bond motifs is 1. The largest absolute Gasteiger partial charge is 0.361 e. The van der Waals surface area contributed by atoms with Gasteiger partial charge in [-0.2, -0.15) is 5.10 Å². The van der Waals surface area contributed by atoms with Gasteiger partial charge in [0, 0.05) is 35.8 Å². The molecule has 158 valence electrons. The molecule has 0 unspecified atom stereocenters. The highest BCUT2D eigenvalue weighted by molar-refractivity contribution is 5.88. The third-order valence-corrected chi connectivity index (χ3v) is 5.21. The predicted octanol–water partition coefficient (Wildman–Crippen LogP) is 4.22. The summed E-state index contributed by atoms with van der Waals surface area (Å²) >= 11 is 0. The Bertz CT molecular complexity index is 1250. The van der Waals surface area contributed by atoms with Crippen molar-refractivity contribution in [1.29, 1.82) is 0 Å². The minimum absolute atomic E-state index is 0.0295. The van der Waals surface area contributed by atoms with Crippen molar-refractivity contribution >= 4 is 22.8 Å². The van der Waals surface area contributed by atoms with Crippen molar-refractivity contribution in [3.8, 4) is 0 Å². The Morgan fingerprint density at radius 2 is 1.84 bits per heavy atom. The second-order valence-corrected chi connectivity index (χ2v) is 7.80. The van der Waals surface area contributed by atoms with Crippen molar-refractivity contribution in [1.82, 2.24) is 20.1 Å². The summed E-state index contributed by atoms with van der Waals surface area (Å²) in [5.74, 6) is 1.11. The average molecular weight is 415 g/mol. The number of carbonyl (C=O) groups excluding carboxylic acids is 1. The van der Waals surface area contributed by atoms with Crippen molar-refractivity contribution in [3.05, 3.63) is 93.9 Å². The number of H-pyrrole nitrogens is 1. The highest BCUT2D eigenvalue weighted by Crippen LogP contribution is 2.16. The van der Waals surface area contributed by atoms with Gasteiger partial charge in [0.05, 0.1) is 12.7 Å². The van der Waals surface area contributed by atoms with E-state index in [1.165, 1.54) is 11.6 Å². The van der Waals surface area contributed by atoms with Crippen LogP contribution in [0.3, 0.4) is 0 Å². The van der Waals surface area contributed by atoms with Crippen LogP contribution >= 0.6 is 0 Å². The van der Waals surface area contributed by atoms with Gasteiger partial charge in [-0.15, -0.1) is 0 Å². The second-order valence-electron chi connectivity index (χ2n) is 7.80. The van der Waals surface area contributed by atoms with Crippen LogP contribution in [0.15, 0.2) is 71.8 Å². The molecule has 2 aromatic carbocycles. The zero-order valence-corrected chi connectivity index (χ0v) is 17.6. The number of aromatic amines is 1. The topological polar surface area (TPSA) is 91.8 Å². The first-order valence-corrected chi connectivity index (χ1v) is 10.3. The zero-order valence-electron chi connectivity index (χ0n) is 17.6. The van der Waals surface area contributed by atoms with Gasteiger partial charge in [-0.05, 0) is 34.7 Å². The highest BCUT2D eigenvalue weighted by Gasteiger charge is 2.09. The zero-order chi connectivity index (χ0) is 21.8. The van der Waals surface area contributed by atoms with Crippen LogP contribution in [0, 0.1) is 0 Å². The standard InChI is InChI=1S/C24H25N5O2/c1-16(2)19-6-3-17(4-7-19)15-29-23(10-12-27-29)28-24(31)26-14-18-5-8-20-21(13-18)25-11-9-22(20)30/h3-13,16H,14-15H2,1-2H3,(H,25,30)(H2,26,28,31). The van der Waals surface area contributed by atoms with Crippen LogP contribution in [0.25, 0.3) is 10.9 Å². The van der Waals surface area contributed by atoms with Gasteiger partial charge >= 0.3 is 6.03 Å².